The van der Waals surface area contributed by atoms with E-state index in [1.165, 1.54) is 12.1 Å². The van der Waals surface area contributed by atoms with Crippen LogP contribution in [0.5, 0.6) is 0 Å². The van der Waals surface area contributed by atoms with Gasteiger partial charge in [0.25, 0.3) is 5.69 Å². The summed E-state index contributed by atoms with van der Waals surface area (Å²) in [6.07, 6.45) is 0.997. The van der Waals surface area contributed by atoms with Crippen molar-refractivity contribution in [3.05, 3.63) is 33.9 Å². The smallest absolute Gasteiger partial charge is 0.338 e. The number of nitrogens with zero attached hydrogens (tertiary/aromatic N) is 2. The van der Waals surface area contributed by atoms with Crippen LogP contribution in [0.3, 0.4) is 0 Å². The zero-order valence-electron chi connectivity index (χ0n) is 10.4. The highest BCUT2D eigenvalue weighted by Crippen LogP contribution is 2.30. The number of carbonyl (C=O) groups is 1. The summed E-state index contributed by atoms with van der Waals surface area (Å²) in [7, 11) is 1.84. The first kappa shape index (κ1) is 13.7. The number of nitro benzene ring substituents is 1. The van der Waals surface area contributed by atoms with Crippen LogP contribution in [0.4, 0.5) is 11.4 Å². The molecule has 1 atom stereocenters. The first-order valence-corrected chi connectivity index (χ1v) is 6.98. The summed E-state index contributed by atoms with van der Waals surface area (Å²) in [4.78, 5) is 23.3. The molecule has 0 radical (unpaired) electrons. The number of thioether (sulfide) groups is 1. The molecule has 1 unspecified atom stereocenters. The van der Waals surface area contributed by atoms with Crippen molar-refractivity contribution in [3.63, 3.8) is 0 Å². The first-order chi connectivity index (χ1) is 9.00. The molecule has 1 saturated heterocycles. The van der Waals surface area contributed by atoms with Gasteiger partial charge in [0.2, 0.25) is 0 Å². The first-order valence-electron chi connectivity index (χ1n) is 5.83. The number of nitro groups is 1. The topological polar surface area (TPSA) is 83.7 Å². The second-order valence-corrected chi connectivity index (χ2v) is 5.54. The van der Waals surface area contributed by atoms with Gasteiger partial charge in [0.1, 0.15) is 0 Å². The summed E-state index contributed by atoms with van der Waals surface area (Å²) in [6.45, 7) is 0. The summed E-state index contributed by atoms with van der Waals surface area (Å²) in [6, 6.07) is 4.27. The van der Waals surface area contributed by atoms with Crippen molar-refractivity contribution in [1.29, 1.82) is 0 Å². The van der Waals surface area contributed by atoms with E-state index in [0.717, 1.165) is 24.0 Å². The molecule has 1 aliphatic heterocycles. The summed E-state index contributed by atoms with van der Waals surface area (Å²) in [5.74, 6) is 0.868. The van der Waals surface area contributed by atoms with Gasteiger partial charge in [0.05, 0.1) is 16.2 Å². The lowest BCUT2D eigenvalue weighted by Crippen LogP contribution is -2.32. The Bertz CT molecular complexity index is 514. The fraction of sp³-hybridized carbons (Fsp3) is 0.417. The lowest BCUT2D eigenvalue weighted by Gasteiger charge is -2.27. The molecule has 1 aliphatic rings. The van der Waals surface area contributed by atoms with Crippen LogP contribution in [-0.4, -0.2) is 40.6 Å². The van der Waals surface area contributed by atoms with E-state index in [-0.39, 0.29) is 17.3 Å². The molecule has 1 aromatic carbocycles. The highest BCUT2D eigenvalue weighted by Gasteiger charge is 2.25. The lowest BCUT2D eigenvalue weighted by atomic mass is 10.1. The molecular formula is C12H14N2O4S. The van der Waals surface area contributed by atoms with Gasteiger partial charge >= 0.3 is 5.97 Å². The highest BCUT2D eigenvalue weighted by molar-refractivity contribution is 7.99. The maximum Gasteiger partial charge on any atom is 0.338 e. The van der Waals surface area contributed by atoms with Crippen molar-refractivity contribution < 1.29 is 14.8 Å². The van der Waals surface area contributed by atoms with Gasteiger partial charge in [0.15, 0.2) is 0 Å². The maximum atomic E-state index is 11.3. The van der Waals surface area contributed by atoms with E-state index >= 15 is 0 Å². The Hall–Kier alpha value is -1.76. The SMILES string of the molecule is CN(c1ccc([N+](=O)[O-])cc1C(=O)O)C1CCSC1. The summed E-state index contributed by atoms with van der Waals surface area (Å²) in [5.41, 5.74) is 0.314. The van der Waals surface area contributed by atoms with E-state index in [4.69, 9.17) is 0 Å². The van der Waals surface area contributed by atoms with Crippen molar-refractivity contribution in [2.75, 3.05) is 23.5 Å². The van der Waals surface area contributed by atoms with Crippen LogP contribution in [0.25, 0.3) is 0 Å². The number of benzene rings is 1. The number of carboxylic acid groups (broad SMARTS) is 1. The van der Waals surface area contributed by atoms with Gasteiger partial charge in [-0.2, -0.15) is 11.8 Å². The number of hydrogen-bond donors (Lipinski definition) is 1. The minimum Gasteiger partial charge on any atom is -0.478 e. The van der Waals surface area contributed by atoms with Gasteiger partial charge in [-0.05, 0) is 18.2 Å². The van der Waals surface area contributed by atoms with Crippen molar-refractivity contribution in [3.8, 4) is 0 Å². The quantitative estimate of drug-likeness (QED) is 0.673. The number of non-ortho nitro benzene ring substituents is 1. The molecular weight excluding hydrogens is 268 g/mol. The van der Waals surface area contributed by atoms with Crippen LogP contribution in [0.1, 0.15) is 16.8 Å². The third kappa shape index (κ3) is 2.81. The van der Waals surface area contributed by atoms with Crippen LogP contribution >= 0.6 is 11.8 Å². The van der Waals surface area contributed by atoms with E-state index in [1.807, 2.05) is 23.7 Å². The monoisotopic (exact) mass is 282 g/mol. The standard InChI is InChI=1S/C12H14N2O4S/c1-13(9-4-5-19-7-9)11-3-2-8(14(17)18)6-10(11)12(15)16/h2-3,6,9H,4-5,7H2,1H3,(H,15,16). The Labute approximate surface area is 114 Å². The molecule has 1 heterocycles. The number of rotatable bonds is 4. The molecule has 0 aromatic heterocycles. The van der Waals surface area contributed by atoms with Gasteiger partial charge in [-0.1, -0.05) is 0 Å². The molecule has 7 heteroatoms. The lowest BCUT2D eigenvalue weighted by molar-refractivity contribution is -0.384. The van der Waals surface area contributed by atoms with E-state index in [2.05, 4.69) is 0 Å². The second kappa shape index (κ2) is 5.48. The molecule has 102 valence electrons. The predicted molar refractivity (Wildman–Crippen MR) is 74.2 cm³/mol. The zero-order chi connectivity index (χ0) is 14.0. The Morgan fingerprint density at radius 2 is 2.32 bits per heavy atom. The van der Waals surface area contributed by atoms with Crippen LogP contribution in [0, 0.1) is 10.1 Å². The molecule has 0 spiro atoms. The highest BCUT2D eigenvalue weighted by atomic mass is 32.2. The fourth-order valence-corrected chi connectivity index (χ4v) is 3.41. The third-order valence-electron chi connectivity index (χ3n) is 3.25. The molecule has 0 aliphatic carbocycles. The predicted octanol–water partition coefficient (Wildman–Crippen LogP) is 2.23. The number of hydrogen-bond acceptors (Lipinski definition) is 5. The van der Waals surface area contributed by atoms with Crippen LogP contribution in [0.15, 0.2) is 18.2 Å². The molecule has 2 rings (SSSR count). The van der Waals surface area contributed by atoms with Gasteiger partial charge in [-0.15, -0.1) is 0 Å². The van der Waals surface area contributed by atoms with Crippen molar-refractivity contribution in [1.82, 2.24) is 0 Å². The molecule has 6 nitrogen and oxygen atoms in total. The van der Waals surface area contributed by atoms with E-state index in [1.54, 1.807) is 0 Å². The van der Waals surface area contributed by atoms with E-state index < -0.39 is 10.9 Å². The van der Waals surface area contributed by atoms with Gasteiger partial charge < -0.3 is 10.0 Å². The maximum absolute atomic E-state index is 11.3. The normalized spacial score (nSPS) is 18.3. The molecule has 1 N–H and O–H groups in total. The zero-order valence-corrected chi connectivity index (χ0v) is 11.2. The Kier molecular flexibility index (Phi) is 3.94. The van der Waals surface area contributed by atoms with E-state index in [0.29, 0.717) is 5.69 Å². The van der Waals surface area contributed by atoms with Crippen LogP contribution in [-0.2, 0) is 0 Å². The van der Waals surface area contributed by atoms with Gasteiger partial charge in [0, 0.05) is 31.0 Å². The molecule has 19 heavy (non-hydrogen) atoms. The summed E-state index contributed by atoms with van der Waals surface area (Å²) >= 11 is 1.83. The molecule has 0 amide bonds. The fourth-order valence-electron chi connectivity index (χ4n) is 2.14. The molecule has 0 bridgehead atoms. The van der Waals surface area contributed by atoms with Crippen molar-refractivity contribution >= 4 is 29.1 Å². The van der Waals surface area contributed by atoms with Crippen LogP contribution < -0.4 is 4.90 Å². The second-order valence-electron chi connectivity index (χ2n) is 4.39. The van der Waals surface area contributed by atoms with E-state index in [9.17, 15) is 20.0 Å². The Balaban J connectivity index is 2.38. The van der Waals surface area contributed by atoms with Crippen molar-refractivity contribution in [2.45, 2.75) is 12.5 Å². The average Bonchev–Trinajstić information content (AvgIpc) is 2.90. The minimum absolute atomic E-state index is 0.0198. The Morgan fingerprint density at radius 3 is 2.84 bits per heavy atom. The van der Waals surface area contributed by atoms with Crippen LogP contribution in [0.2, 0.25) is 0 Å². The Morgan fingerprint density at radius 1 is 1.58 bits per heavy atom. The average molecular weight is 282 g/mol. The van der Waals surface area contributed by atoms with Gasteiger partial charge in [-0.25, -0.2) is 4.79 Å². The van der Waals surface area contributed by atoms with Crippen molar-refractivity contribution in [2.24, 2.45) is 0 Å². The minimum atomic E-state index is -1.14. The number of anilines is 1. The van der Waals surface area contributed by atoms with Gasteiger partial charge in [-0.3, -0.25) is 10.1 Å². The summed E-state index contributed by atoms with van der Waals surface area (Å²) in [5, 5.41) is 19.9. The third-order valence-corrected chi connectivity index (χ3v) is 4.40. The number of carboxylic acids is 1. The largest absolute Gasteiger partial charge is 0.478 e. The molecule has 1 aromatic rings. The molecule has 0 saturated carbocycles. The number of aromatic carboxylic acids is 1. The molecule has 1 fully saturated rings. The summed E-state index contributed by atoms with van der Waals surface area (Å²) < 4.78 is 0.